The molecular formula is C17H25N3O3. The predicted octanol–water partition coefficient (Wildman–Crippen LogP) is 2.35. The summed E-state index contributed by atoms with van der Waals surface area (Å²) in [7, 11) is 6.98. The van der Waals surface area contributed by atoms with E-state index in [1.807, 2.05) is 31.5 Å². The van der Waals surface area contributed by atoms with Gasteiger partial charge in [-0.15, -0.1) is 0 Å². The fraction of sp³-hybridized carbons (Fsp3) is 0.471. The van der Waals surface area contributed by atoms with Crippen molar-refractivity contribution in [2.75, 3.05) is 34.9 Å². The first-order chi connectivity index (χ1) is 11.1. The Kier molecular flexibility index (Phi) is 5.87. The molecule has 0 unspecified atom stereocenters. The number of hydrogen-bond donors (Lipinski definition) is 0. The van der Waals surface area contributed by atoms with Gasteiger partial charge in [0.25, 0.3) is 0 Å². The Hall–Kier alpha value is -2.21. The molecule has 0 atom stereocenters. The topological polar surface area (TPSA) is 48.8 Å². The fourth-order valence-corrected chi connectivity index (χ4v) is 2.58. The highest BCUT2D eigenvalue weighted by Gasteiger charge is 2.16. The number of aromatic nitrogens is 2. The van der Waals surface area contributed by atoms with Gasteiger partial charge in [0.1, 0.15) is 5.82 Å². The van der Waals surface area contributed by atoms with Crippen LogP contribution >= 0.6 is 0 Å². The van der Waals surface area contributed by atoms with E-state index in [9.17, 15) is 0 Å². The lowest BCUT2D eigenvalue weighted by atomic mass is 10.1. The van der Waals surface area contributed by atoms with Gasteiger partial charge in [-0.3, -0.25) is 0 Å². The monoisotopic (exact) mass is 319 g/mol. The number of rotatable bonds is 8. The summed E-state index contributed by atoms with van der Waals surface area (Å²) in [5.41, 5.74) is 1.06. The number of nitrogens with zero attached hydrogens (tertiary/aromatic N) is 3. The van der Waals surface area contributed by atoms with E-state index in [1.165, 1.54) is 0 Å². The van der Waals surface area contributed by atoms with Crippen molar-refractivity contribution in [1.29, 1.82) is 0 Å². The smallest absolute Gasteiger partial charge is 0.203 e. The van der Waals surface area contributed by atoms with E-state index in [-0.39, 0.29) is 0 Å². The van der Waals surface area contributed by atoms with Crippen molar-refractivity contribution >= 4 is 0 Å². The first-order valence-corrected chi connectivity index (χ1v) is 7.54. The Morgan fingerprint density at radius 1 is 1.09 bits per heavy atom. The van der Waals surface area contributed by atoms with Crippen LogP contribution in [-0.4, -0.2) is 49.4 Å². The fourth-order valence-electron chi connectivity index (χ4n) is 2.58. The van der Waals surface area contributed by atoms with Gasteiger partial charge in [0.2, 0.25) is 5.75 Å². The van der Waals surface area contributed by atoms with Crippen molar-refractivity contribution < 1.29 is 14.2 Å². The highest BCUT2D eigenvalue weighted by molar-refractivity contribution is 5.55. The SMILES string of the molecule is COc1ccc(CN(C)CCn2ccnc2C)c(OC)c1OC. The van der Waals surface area contributed by atoms with Gasteiger partial charge in [0, 0.05) is 37.6 Å². The minimum Gasteiger partial charge on any atom is -0.493 e. The van der Waals surface area contributed by atoms with Crippen molar-refractivity contribution in [3.8, 4) is 17.2 Å². The molecule has 0 N–H and O–H groups in total. The third-order valence-corrected chi connectivity index (χ3v) is 3.87. The molecule has 0 radical (unpaired) electrons. The lowest BCUT2D eigenvalue weighted by molar-refractivity contribution is 0.292. The summed E-state index contributed by atoms with van der Waals surface area (Å²) in [6.45, 7) is 4.58. The molecule has 0 aliphatic heterocycles. The molecule has 0 aliphatic carbocycles. The van der Waals surface area contributed by atoms with Crippen LogP contribution < -0.4 is 14.2 Å². The van der Waals surface area contributed by atoms with Crippen molar-refractivity contribution in [1.82, 2.24) is 14.5 Å². The number of aryl methyl sites for hydroxylation is 1. The number of benzene rings is 1. The van der Waals surface area contributed by atoms with Gasteiger partial charge in [-0.1, -0.05) is 6.07 Å². The molecule has 1 aromatic heterocycles. The maximum atomic E-state index is 5.53. The molecule has 0 aliphatic rings. The highest BCUT2D eigenvalue weighted by atomic mass is 16.5. The van der Waals surface area contributed by atoms with Crippen molar-refractivity contribution in [3.05, 3.63) is 35.9 Å². The molecule has 1 heterocycles. The number of methoxy groups -OCH3 is 3. The summed E-state index contributed by atoms with van der Waals surface area (Å²) in [4.78, 5) is 6.48. The Morgan fingerprint density at radius 3 is 2.39 bits per heavy atom. The molecule has 0 saturated carbocycles. The van der Waals surface area contributed by atoms with Gasteiger partial charge in [-0.25, -0.2) is 4.98 Å². The molecule has 1 aromatic carbocycles. The van der Waals surface area contributed by atoms with Crippen LogP contribution in [0.1, 0.15) is 11.4 Å². The first kappa shape index (κ1) is 17.1. The lowest BCUT2D eigenvalue weighted by Crippen LogP contribution is -2.23. The van der Waals surface area contributed by atoms with Gasteiger partial charge in [0.05, 0.1) is 21.3 Å². The molecule has 23 heavy (non-hydrogen) atoms. The Bertz CT molecular complexity index is 640. The van der Waals surface area contributed by atoms with Crippen LogP contribution in [0.3, 0.4) is 0 Å². The van der Waals surface area contributed by atoms with E-state index < -0.39 is 0 Å². The lowest BCUT2D eigenvalue weighted by Gasteiger charge is -2.21. The molecule has 6 heteroatoms. The van der Waals surface area contributed by atoms with Crippen LogP contribution in [0.4, 0.5) is 0 Å². The summed E-state index contributed by atoms with van der Waals surface area (Å²) < 4.78 is 18.4. The molecule has 0 amide bonds. The third kappa shape index (κ3) is 3.96. The molecule has 0 saturated heterocycles. The largest absolute Gasteiger partial charge is 0.493 e. The van der Waals surface area contributed by atoms with Gasteiger partial charge in [-0.05, 0) is 20.0 Å². The Morgan fingerprint density at radius 2 is 1.83 bits per heavy atom. The maximum Gasteiger partial charge on any atom is 0.203 e. The van der Waals surface area contributed by atoms with Gasteiger partial charge in [0.15, 0.2) is 11.5 Å². The van der Waals surface area contributed by atoms with E-state index in [0.29, 0.717) is 11.5 Å². The molecule has 0 fully saturated rings. The van der Waals surface area contributed by atoms with Gasteiger partial charge < -0.3 is 23.7 Å². The molecular weight excluding hydrogens is 294 g/mol. The van der Waals surface area contributed by atoms with Crippen LogP contribution in [0, 0.1) is 6.92 Å². The zero-order valence-electron chi connectivity index (χ0n) is 14.5. The normalized spacial score (nSPS) is 10.9. The first-order valence-electron chi connectivity index (χ1n) is 7.54. The molecule has 6 nitrogen and oxygen atoms in total. The van der Waals surface area contributed by atoms with Crippen LogP contribution in [0.25, 0.3) is 0 Å². The number of ether oxygens (including phenoxy) is 3. The van der Waals surface area contributed by atoms with E-state index in [4.69, 9.17) is 14.2 Å². The summed E-state index contributed by atoms with van der Waals surface area (Å²) >= 11 is 0. The third-order valence-electron chi connectivity index (χ3n) is 3.87. The van der Waals surface area contributed by atoms with Gasteiger partial charge in [-0.2, -0.15) is 0 Å². The highest BCUT2D eigenvalue weighted by Crippen LogP contribution is 2.40. The van der Waals surface area contributed by atoms with Crippen molar-refractivity contribution in [2.45, 2.75) is 20.0 Å². The van der Waals surface area contributed by atoms with Crippen molar-refractivity contribution in [2.24, 2.45) is 0 Å². The van der Waals surface area contributed by atoms with Gasteiger partial charge >= 0.3 is 0 Å². The zero-order chi connectivity index (χ0) is 16.8. The molecule has 126 valence electrons. The minimum atomic E-state index is 0.631. The van der Waals surface area contributed by atoms with Crippen LogP contribution in [0.5, 0.6) is 17.2 Å². The van der Waals surface area contributed by atoms with Crippen LogP contribution in [0.2, 0.25) is 0 Å². The number of hydrogen-bond acceptors (Lipinski definition) is 5. The average molecular weight is 319 g/mol. The zero-order valence-corrected chi connectivity index (χ0v) is 14.5. The average Bonchev–Trinajstić information content (AvgIpc) is 2.97. The number of imidazole rings is 1. The van der Waals surface area contributed by atoms with Crippen LogP contribution in [-0.2, 0) is 13.1 Å². The molecule has 2 rings (SSSR count). The van der Waals surface area contributed by atoms with E-state index in [2.05, 4.69) is 21.5 Å². The molecule has 0 bridgehead atoms. The van der Waals surface area contributed by atoms with E-state index >= 15 is 0 Å². The second kappa shape index (κ2) is 7.87. The summed E-state index contributed by atoms with van der Waals surface area (Å²) in [6.07, 6.45) is 3.83. The summed E-state index contributed by atoms with van der Waals surface area (Å²) in [6, 6.07) is 3.92. The Balaban J connectivity index is 2.08. The van der Waals surface area contributed by atoms with Crippen molar-refractivity contribution in [3.63, 3.8) is 0 Å². The molecule has 0 spiro atoms. The standard InChI is InChI=1S/C17H25N3O3/c1-13-18-8-9-20(13)11-10-19(2)12-14-6-7-15(21-3)17(23-5)16(14)22-4/h6-9H,10-12H2,1-5H3. The van der Waals surface area contributed by atoms with E-state index in [0.717, 1.165) is 36.8 Å². The maximum absolute atomic E-state index is 5.53. The summed E-state index contributed by atoms with van der Waals surface area (Å²) in [5.74, 6) is 3.05. The predicted molar refractivity (Wildman–Crippen MR) is 89.4 cm³/mol. The summed E-state index contributed by atoms with van der Waals surface area (Å²) in [5, 5.41) is 0. The second-order valence-corrected chi connectivity index (χ2v) is 5.40. The van der Waals surface area contributed by atoms with E-state index in [1.54, 1.807) is 21.3 Å². The number of likely N-dealkylation sites (N-methyl/N-ethyl adjacent to an activating group) is 1. The second-order valence-electron chi connectivity index (χ2n) is 5.40. The quantitative estimate of drug-likeness (QED) is 0.747. The minimum absolute atomic E-state index is 0.631. The Labute approximate surface area is 137 Å². The molecule has 2 aromatic rings. The van der Waals surface area contributed by atoms with Crippen LogP contribution in [0.15, 0.2) is 24.5 Å².